The normalized spacial score (nSPS) is 10.6. The van der Waals surface area contributed by atoms with Gasteiger partial charge in [-0.15, -0.1) is 17.9 Å². The van der Waals surface area contributed by atoms with E-state index in [1.54, 1.807) is 11.3 Å². The summed E-state index contributed by atoms with van der Waals surface area (Å²) in [6.07, 6.45) is 1.92. The van der Waals surface area contributed by atoms with Gasteiger partial charge >= 0.3 is 0 Å². The van der Waals surface area contributed by atoms with Gasteiger partial charge in [-0.3, -0.25) is 0 Å². The van der Waals surface area contributed by atoms with E-state index in [1.165, 1.54) is 11.5 Å². The number of rotatable bonds is 7. The van der Waals surface area contributed by atoms with Gasteiger partial charge in [-0.25, -0.2) is 4.98 Å². The Morgan fingerprint density at radius 3 is 3.11 bits per heavy atom. The third kappa shape index (κ3) is 3.71. The summed E-state index contributed by atoms with van der Waals surface area (Å²) in [6, 6.07) is 0. The van der Waals surface area contributed by atoms with Crippen molar-refractivity contribution >= 4 is 45.5 Å². The lowest BCUT2D eigenvalue weighted by Gasteiger charge is -2.05. The highest BCUT2D eigenvalue weighted by atomic mass is 32.2. The Bertz CT molecular complexity index is 547. The first kappa shape index (κ1) is 14.4. The highest BCUT2D eigenvalue weighted by molar-refractivity contribution is 7.99. The molecule has 2 aromatic heterocycles. The van der Waals surface area contributed by atoms with Crippen LogP contribution in [0.4, 0.5) is 10.8 Å². The quantitative estimate of drug-likeness (QED) is 0.605. The number of thioether (sulfide) groups is 1. The summed E-state index contributed by atoms with van der Waals surface area (Å²) in [5.41, 5.74) is 7.79. The summed E-state index contributed by atoms with van der Waals surface area (Å²) in [5.74, 6) is 2.56. The van der Waals surface area contributed by atoms with Gasteiger partial charge < -0.3 is 11.1 Å². The Balaban J connectivity index is 2.03. The second kappa shape index (κ2) is 6.93. The zero-order valence-corrected chi connectivity index (χ0v) is 13.1. The van der Waals surface area contributed by atoms with Gasteiger partial charge in [0.05, 0.1) is 16.3 Å². The maximum atomic E-state index is 5.94. The molecule has 0 bridgehead atoms. The molecule has 3 N–H and O–H groups in total. The largest absolute Gasteiger partial charge is 0.382 e. The molecule has 0 aromatic carbocycles. The van der Waals surface area contributed by atoms with Gasteiger partial charge in [-0.1, -0.05) is 6.08 Å². The van der Waals surface area contributed by atoms with E-state index >= 15 is 0 Å². The minimum Gasteiger partial charge on any atom is -0.382 e. The molecule has 7 heteroatoms. The van der Waals surface area contributed by atoms with Crippen LogP contribution in [-0.2, 0) is 0 Å². The van der Waals surface area contributed by atoms with Crippen LogP contribution in [0.25, 0.3) is 11.3 Å². The van der Waals surface area contributed by atoms with Gasteiger partial charge in [0.2, 0.25) is 0 Å². The minimum atomic E-state index is 0.552. The molecule has 2 heterocycles. The molecule has 102 valence electrons. The molecule has 0 saturated heterocycles. The number of thiazole rings is 1. The highest BCUT2D eigenvalue weighted by Gasteiger charge is 2.15. The van der Waals surface area contributed by atoms with Gasteiger partial charge in [0, 0.05) is 23.4 Å². The molecule has 0 radical (unpaired) electrons. The fraction of sp³-hybridized carbons (Fsp3) is 0.333. The van der Waals surface area contributed by atoms with Crippen LogP contribution in [0.5, 0.6) is 0 Å². The SMILES string of the molecule is C=CCSCCNc1snc(N)c1-c1csc(C)n1. The molecule has 0 amide bonds. The molecule has 0 aliphatic heterocycles. The summed E-state index contributed by atoms with van der Waals surface area (Å²) >= 11 is 4.86. The van der Waals surface area contributed by atoms with Crippen molar-refractivity contribution in [3.05, 3.63) is 23.0 Å². The second-order valence-corrected chi connectivity index (χ2v) is 6.80. The van der Waals surface area contributed by atoms with Gasteiger partial charge in [0.1, 0.15) is 10.8 Å². The molecule has 0 spiro atoms. The number of nitrogens with zero attached hydrogens (tertiary/aromatic N) is 2. The number of hydrogen-bond donors (Lipinski definition) is 2. The molecule has 0 fully saturated rings. The van der Waals surface area contributed by atoms with Crippen molar-refractivity contribution in [2.24, 2.45) is 0 Å². The van der Waals surface area contributed by atoms with Crippen LogP contribution < -0.4 is 11.1 Å². The van der Waals surface area contributed by atoms with Crippen LogP contribution >= 0.6 is 34.6 Å². The number of nitrogens with one attached hydrogen (secondary N) is 1. The van der Waals surface area contributed by atoms with Crippen molar-refractivity contribution in [3.63, 3.8) is 0 Å². The van der Waals surface area contributed by atoms with Crippen molar-refractivity contribution in [2.75, 3.05) is 29.1 Å². The van der Waals surface area contributed by atoms with Crippen molar-refractivity contribution in [1.29, 1.82) is 0 Å². The van der Waals surface area contributed by atoms with E-state index in [-0.39, 0.29) is 0 Å². The first-order valence-electron chi connectivity index (χ1n) is 5.82. The maximum Gasteiger partial charge on any atom is 0.148 e. The number of anilines is 2. The fourth-order valence-electron chi connectivity index (χ4n) is 1.55. The standard InChI is InChI=1S/C12H16N4S3/c1-3-5-17-6-4-14-12-10(11(13)16-19-12)9-7-18-8(2)15-9/h3,7,14H,1,4-6H2,2H3,(H2,13,16). The van der Waals surface area contributed by atoms with E-state index in [2.05, 4.69) is 21.3 Å². The molecular formula is C12H16N4S3. The van der Waals surface area contributed by atoms with Gasteiger partial charge in [-0.2, -0.15) is 16.1 Å². The second-order valence-electron chi connectivity index (χ2n) is 3.81. The molecule has 0 aliphatic carbocycles. The summed E-state index contributed by atoms with van der Waals surface area (Å²) in [7, 11) is 0. The third-order valence-corrected chi connectivity index (χ3v) is 4.92. The maximum absolute atomic E-state index is 5.94. The van der Waals surface area contributed by atoms with E-state index in [1.807, 2.05) is 30.1 Å². The number of nitrogen functional groups attached to an aromatic ring is 1. The average Bonchev–Trinajstić information content (AvgIpc) is 2.95. The van der Waals surface area contributed by atoms with E-state index in [0.29, 0.717) is 5.82 Å². The number of aromatic nitrogens is 2. The lowest BCUT2D eigenvalue weighted by molar-refractivity contribution is 1.24. The molecule has 4 nitrogen and oxygen atoms in total. The van der Waals surface area contributed by atoms with Crippen molar-refractivity contribution in [1.82, 2.24) is 9.36 Å². The average molecular weight is 312 g/mol. The summed E-state index contributed by atoms with van der Waals surface area (Å²) in [5, 5.41) is 7.44. The van der Waals surface area contributed by atoms with Crippen LogP contribution in [0.1, 0.15) is 5.01 Å². The van der Waals surface area contributed by atoms with Crippen LogP contribution in [0.3, 0.4) is 0 Å². The fourth-order valence-corrected chi connectivity index (χ4v) is 3.48. The summed E-state index contributed by atoms with van der Waals surface area (Å²) in [4.78, 5) is 4.48. The van der Waals surface area contributed by atoms with E-state index < -0.39 is 0 Å². The van der Waals surface area contributed by atoms with E-state index in [9.17, 15) is 0 Å². The van der Waals surface area contributed by atoms with Crippen LogP contribution in [0.15, 0.2) is 18.0 Å². The van der Waals surface area contributed by atoms with Gasteiger partial charge in [0.25, 0.3) is 0 Å². The summed E-state index contributed by atoms with van der Waals surface area (Å²) < 4.78 is 4.22. The van der Waals surface area contributed by atoms with Crippen molar-refractivity contribution < 1.29 is 0 Å². The molecule has 2 rings (SSSR count). The Morgan fingerprint density at radius 1 is 1.58 bits per heavy atom. The van der Waals surface area contributed by atoms with Gasteiger partial charge in [-0.05, 0) is 18.5 Å². The van der Waals surface area contributed by atoms with Crippen LogP contribution in [-0.4, -0.2) is 27.4 Å². The summed E-state index contributed by atoms with van der Waals surface area (Å²) in [6.45, 7) is 6.58. The Morgan fingerprint density at radius 2 is 2.42 bits per heavy atom. The van der Waals surface area contributed by atoms with Crippen LogP contribution in [0.2, 0.25) is 0 Å². The zero-order valence-electron chi connectivity index (χ0n) is 10.7. The van der Waals surface area contributed by atoms with Crippen molar-refractivity contribution in [3.8, 4) is 11.3 Å². The Kier molecular flexibility index (Phi) is 5.24. The monoisotopic (exact) mass is 312 g/mol. The van der Waals surface area contributed by atoms with Crippen molar-refractivity contribution in [2.45, 2.75) is 6.92 Å². The Hall–Kier alpha value is -1.05. The molecule has 0 aliphatic rings. The number of hydrogen-bond acceptors (Lipinski definition) is 7. The molecule has 2 aromatic rings. The third-order valence-electron chi connectivity index (χ3n) is 2.36. The number of nitrogens with two attached hydrogens (primary N) is 1. The smallest absolute Gasteiger partial charge is 0.148 e. The minimum absolute atomic E-state index is 0.552. The molecule has 0 atom stereocenters. The first-order valence-corrected chi connectivity index (χ1v) is 8.63. The van der Waals surface area contributed by atoms with Gasteiger partial charge in [0.15, 0.2) is 0 Å². The van der Waals surface area contributed by atoms with E-state index in [4.69, 9.17) is 5.73 Å². The molecule has 0 saturated carbocycles. The predicted molar refractivity (Wildman–Crippen MR) is 88.4 cm³/mol. The predicted octanol–water partition coefficient (Wildman–Crippen LogP) is 3.49. The topological polar surface area (TPSA) is 63.8 Å². The van der Waals surface area contributed by atoms with Crippen LogP contribution in [0, 0.1) is 6.92 Å². The van der Waals surface area contributed by atoms with E-state index in [0.717, 1.165) is 39.3 Å². The highest BCUT2D eigenvalue weighted by Crippen LogP contribution is 2.36. The lowest BCUT2D eigenvalue weighted by Crippen LogP contribution is -2.04. The number of aryl methyl sites for hydroxylation is 1. The molecule has 0 unspecified atom stereocenters. The molecule has 19 heavy (non-hydrogen) atoms. The molecular weight excluding hydrogens is 296 g/mol. The Labute approximate surface area is 125 Å². The lowest BCUT2D eigenvalue weighted by atomic mass is 10.2. The first-order chi connectivity index (χ1) is 9.22. The zero-order chi connectivity index (χ0) is 13.7.